The van der Waals surface area contributed by atoms with Crippen LogP contribution >= 0.6 is 15.9 Å². The summed E-state index contributed by atoms with van der Waals surface area (Å²) in [5.41, 5.74) is 1.80. The van der Waals surface area contributed by atoms with E-state index in [1.807, 2.05) is 60.5 Å². The molecule has 3 rings (SSSR count). The number of benzene rings is 2. The third-order valence-electron chi connectivity index (χ3n) is 4.57. The standard InChI is InChI=1S/C20H23BrN2O2/c1-23(18-9-11-22-12-10-18)20(24)16-5-7-19(8-6-16)25-14-15-3-2-4-17(21)13-15/h2-8,13,18,22H,9-12,14H2,1H3. The third kappa shape index (κ3) is 4.83. The highest BCUT2D eigenvalue weighted by Gasteiger charge is 2.22. The number of nitrogens with one attached hydrogen (secondary N) is 1. The monoisotopic (exact) mass is 402 g/mol. The molecule has 1 amide bonds. The van der Waals surface area contributed by atoms with Gasteiger partial charge in [0.15, 0.2) is 0 Å². The summed E-state index contributed by atoms with van der Waals surface area (Å²) in [6, 6.07) is 15.8. The summed E-state index contributed by atoms with van der Waals surface area (Å²) < 4.78 is 6.84. The van der Waals surface area contributed by atoms with E-state index in [1.54, 1.807) is 0 Å². The van der Waals surface area contributed by atoms with E-state index in [0.717, 1.165) is 41.7 Å². The molecule has 0 atom stereocenters. The first kappa shape index (κ1) is 18.0. The highest BCUT2D eigenvalue weighted by molar-refractivity contribution is 9.10. The minimum Gasteiger partial charge on any atom is -0.489 e. The number of carbonyl (C=O) groups is 1. The average Bonchev–Trinajstić information content (AvgIpc) is 2.66. The normalized spacial score (nSPS) is 15.0. The van der Waals surface area contributed by atoms with E-state index >= 15 is 0 Å². The van der Waals surface area contributed by atoms with Crippen LogP contribution in [0.4, 0.5) is 0 Å². The topological polar surface area (TPSA) is 41.6 Å². The number of halogens is 1. The van der Waals surface area contributed by atoms with Gasteiger partial charge < -0.3 is 15.0 Å². The Labute approximate surface area is 157 Å². The van der Waals surface area contributed by atoms with E-state index in [-0.39, 0.29) is 5.91 Å². The highest BCUT2D eigenvalue weighted by atomic mass is 79.9. The maximum atomic E-state index is 12.6. The molecular weight excluding hydrogens is 380 g/mol. The van der Waals surface area contributed by atoms with Crippen LogP contribution in [0.25, 0.3) is 0 Å². The zero-order valence-corrected chi connectivity index (χ0v) is 16.0. The molecule has 2 aromatic carbocycles. The van der Waals surface area contributed by atoms with Crippen LogP contribution in [0.3, 0.4) is 0 Å². The molecule has 0 unspecified atom stereocenters. The number of carbonyl (C=O) groups excluding carboxylic acids is 1. The molecule has 1 heterocycles. The van der Waals surface area contributed by atoms with Crippen molar-refractivity contribution in [3.8, 4) is 5.75 Å². The van der Waals surface area contributed by atoms with Crippen LogP contribution in [-0.4, -0.2) is 37.0 Å². The summed E-state index contributed by atoms with van der Waals surface area (Å²) in [4.78, 5) is 14.5. The maximum Gasteiger partial charge on any atom is 0.253 e. The lowest BCUT2D eigenvalue weighted by molar-refractivity contribution is 0.0703. The number of piperidine rings is 1. The molecule has 0 aromatic heterocycles. The molecule has 132 valence electrons. The second kappa shape index (κ2) is 8.50. The van der Waals surface area contributed by atoms with Gasteiger partial charge in [0.25, 0.3) is 5.91 Å². The van der Waals surface area contributed by atoms with Gasteiger partial charge in [-0.3, -0.25) is 4.79 Å². The van der Waals surface area contributed by atoms with Gasteiger partial charge in [-0.15, -0.1) is 0 Å². The van der Waals surface area contributed by atoms with Crippen molar-refractivity contribution in [3.63, 3.8) is 0 Å². The van der Waals surface area contributed by atoms with Crippen LogP contribution < -0.4 is 10.1 Å². The fraction of sp³-hybridized carbons (Fsp3) is 0.350. The van der Waals surface area contributed by atoms with E-state index in [1.165, 1.54) is 0 Å². The van der Waals surface area contributed by atoms with Gasteiger partial charge in [-0.1, -0.05) is 28.1 Å². The molecule has 25 heavy (non-hydrogen) atoms. The van der Waals surface area contributed by atoms with Crippen LogP contribution in [0.2, 0.25) is 0 Å². The quantitative estimate of drug-likeness (QED) is 0.825. The summed E-state index contributed by atoms with van der Waals surface area (Å²) in [7, 11) is 1.90. The van der Waals surface area contributed by atoms with E-state index in [9.17, 15) is 4.79 Å². The lowest BCUT2D eigenvalue weighted by Gasteiger charge is -2.31. The van der Waals surface area contributed by atoms with Gasteiger partial charge in [0.2, 0.25) is 0 Å². The van der Waals surface area contributed by atoms with Crippen molar-refractivity contribution >= 4 is 21.8 Å². The molecule has 1 aliphatic heterocycles. The SMILES string of the molecule is CN(C(=O)c1ccc(OCc2cccc(Br)c2)cc1)C1CCNCC1. The number of hydrogen-bond donors (Lipinski definition) is 1. The second-order valence-corrected chi connectivity index (χ2v) is 7.26. The van der Waals surface area contributed by atoms with Gasteiger partial charge in [0, 0.05) is 23.1 Å². The van der Waals surface area contributed by atoms with Crippen LogP contribution in [0.1, 0.15) is 28.8 Å². The van der Waals surface area contributed by atoms with Gasteiger partial charge in [-0.05, 0) is 67.9 Å². The molecule has 4 nitrogen and oxygen atoms in total. The maximum absolute atomic E-state index is 12.6. The second-order valence-electron chi connectivity index (χ2n) is 6.34. The average molecular weight is 403 g/mol. The van der Waals surface area contributed by atoms with E-state index in [4.69, 9.17) is 4.74 Å². The molecule has 0 bridgehead atoms. The summed E-state index contributed by atoms with van der Waals surface area (Å²) in [6.45, 7) is 2.46. The molecule has 0 spiro atoms. The van der Waals surface area contributed by atoms with Crippen molar-refractivity contribution in [1.29, 1.82) is 0 Å². The van der Waals surface area contributed by atoms with Crippen LogP contribution in [0.15, 0.2) is 53.0 Å². The molecule has 5 heteroatoms. The Kier molecular flexibility index (Phi) is 6.10. The molecule has 0 saturated carbocycles. The van der Waals surface area contributed by atoms with Gasteiger partial charge in [0.1, 0.15) is 12.4 Å². The highest BCUT2D eigenvalue weighted by Crippen LogP contribution is 2.19. The fourth-order valence-corrected chi connectivity index (χ4v) is 3.50. The van der Waals surface area contributed by atoms with Crippen LogP contribution in [-0.2, 0) is 6.61 Å². The number of hydrogen-bond acceptors (Lipinski definition) is 3. The lowest BCUT2D eigenvalue weighted by atomic mass is 10.0. The minimum atomic E-state index is 0.0745. The predicted octanol–water partition coefficient (Wildman–Crippen LogP) is 3.85. The zero-order valence-electron chi connectivity index (χ0n) is 14.4. The lowest BCUT2D eigenvalue weighted by Crippen LogP contribution is -2.43. The molecule has 1 N–H and O–H groups in total. The summed E-state index contributed by atoms with van der Waals surface area (Å²) in [5.74, 6) is 0.839. The molecule has 1 fully saturated rings. The van der Waals surface area contributed by atoms with Crippen molar-refractivity contribution in [2.45, 2.75) is 25.5 Å². The van der Waals surface area contributed by atoms with Crippen molar-refractivity contribution in [3.05, 3.63) is 64.1 Å². The Balaban J connectivity index is 1.58. The Morgan fingerprint density at radius 1 is 1.20 bits per heavy atom. The van der Waals surface area contributed by atoms with Gasteiger partial charge in [0.05, 0.1) is 0 Å². The molecular formula is C20H23BrN2O2. The van der Waals surface area contributed by atoms with Gasteiger partial charge >= 0.3 is 0 Å². The number of nitrogens with zero attached hydrogens (tertiary/aromatic N) is 1. The Morgan fingerprint density at radius 2 is 1.92 bits per heavy atom. The van der Waals surface area contributed by atoms with E-state index < -0.39 is 0 Å². The summed E-state index contributed by atoms with van der Waals surface area (Å²) in [6.07, 6.45) is 2.02. The minimum absolute atomic E-state index is 0.0745. The third-order valence-corrected chi connectivity index (χ3v) is 5.07. The van der Waals surface area contributed by atoms with Gasteiger partial charge in [-0.2, -0.15) is 0 Å². The number of amides is 1. The first-order chi connectivity index (χ1) is 12.1. The largest absolute Gasteiger partial charge is 0.489 e. The van der Waals surface area contributed by atoms with Crippen molar-refractivity contribution in [2.75, 3.05) is 20.1 Å². The molecule has 0 radical (unpaired) electrons. The summed E-state index contributed by atoms with van der Waals surface area (Å²) in [5, 5.41) is 3.33. The molecule has 2 aromatic rings. The first-order valence-electron chi connectivity index (χ1n) is 8.58. The van der Waals surface area contributed by atoms with E-state index in [2.05, 4.69) is 21.2 Å². The summed E-state index contributed by atoms with van der Waals surface area (Å²) >= 11 is 3.46. The zero-order chi connectivity index (χ0) is 17.6. The Bertz CT molecular complexity index is 712. The van der Waals surface area contributed by atoms with Gasteiger partial charge in [-0.25, -0.2) is 0 Å². The van der Waals surface area contributed by atoms with Crippen LogP contribution in [0.5, 0.6) is 5.75 Å². The Morgan fingerprint density at radius 3 is 2.60 bits per heavy atom. The van der Waals surface area contributed by atoms with E-state index in [0.29, 0.717) is 18.2 Å². The smallest absolute Gasteiger partial charge is 0.253 e. The molecule has 1 saturated heterocycles. The number of ether oxygens (including phenoxy) is 1. The molecule has 0 aliphatic carbocycles. The fourth-order valence-electron chi connectivity index (χ4n) is 3.05. The number of rotatable bonds is 5. The first-order valence-corrected chi connectivity index (χ1v) is 9.38. The van der Waals surface area contributed by atoms with Crippen molar-refractivity contribution in [2.24, 2.45) is 0 Å². The van der Waals surface area contributed by atoms with Crippen molar-refractivity contribution < 1.29 is 9.53 Å². The van der Waals surface area contributed by atoms with Crippen molar-refractivity contribution in [1.82, 2.24) is 10.2 Å². The predicted molar refractivity (Wildman–Crippen MR) is 103 cm³/mol. The Hall–Kier alpha value is -1.85. The van der Waals surface area contributed by atoms with Crippen LogP contribution in [0, 0.1) is 0 Å². The molecule has 1 aliphatic rings.